The van der Waals surface area contributed by atoms with Crippen molar-refractivity contribution in [3.63, 3.8) is 0 Å². The van der Waals surface area contributed by atoms with Crippen LogP contribution in [0.4, 0.5) is 0 Å². The third-order valence-corrected chi connectivity index (χ3v) is 21.5. The largest absolute Gasteiger partial charge is 0.507 e. The number of carbonyl (C=O) groups is 1. The van der Waals surface area contributed by atoms with Gasteiger partial charge in [-0.2, -0.15) is 0 Å². The molecule has 0 spiro atoms. The molecule has 0 saturated heterocycles. The normalized spacial score (nSPS) is 18.9. The van der Waals surface area contributed by atoms with E-state index in [1.165, 1.54) is 0 Å². The van der Waals surface area contributed by atoms with Crippen molar-refractivity contribution >= 4 is 31.3 Å². The van der Waals surface area contributed by atoms with Gasteiger partial charge in [0.1, 0.15) is 40.6 Å². The molecule has 398 valence electrons. The number of hydrogen-bond donors (Lipinski definition) is 2. The Kier molecular flexibility index (Phi) is 12.1. The summed E-state index contributed by atoms with van der Waals surface area (Å²) < 4.78 is 57.9. The molecular formula is C70H54O9P2. The van der Waals surface area contributed by atoms with Crippen LogP contribution < -0.4 is 29.1 Å². The molecular weight excluding hydrogens is 1050 g/mol. The minimum atomic E-state index is -3.82. The summed E-state index contributed by atoms with van der Waals surface area (Å²) in [4.78, 5) is 14.6. The lowest BCUT2D eigenvalue weighted by Crippen LogP contribution is -2.24. The van der Waals surface area contributed by atoms with Gasteiger partial charge < -0.3 is 28.7 Å². The van der Waals surface area contributed by atoms with E-state index in [0.29, 0.717) is 50.1 Å². The highest BCUT2D eigenvalue weighted by Gasteiger charge is 2.41. The maximum absolute atomic E-state index is 15.8. The molecule has 0 aliphatic carbocycles. The van der Waals surface area contributed by atoms with E-state index in [1.807, 2.05) is 200 Å². The zero-order chi connectivity index (χ0) is 55.2. The average molecular weight is 1100 g/mol. The molecule has 0 fully saturated rings. The second kappa shape index (κ2) is 19.4. The molecule has 0 amide bonds. The van der Waals surface area contributed by atoms with E-state index < -0.39 is 38.1 Å². The van der Waals surface area contributed by atoms with Crippen LogP contribution in [0, 0.1) is 0 Å². The number of carbonyl (C=O) groups excluding carboxylic acids is 1. The Morgan fingerprint density at radius 3 is 1.32 bits per heavy atom. The zero-order valence-corrected chi connectivity index (χ0v) is 46.2. The Hall–Kier alpha value is -8.87. The van der Waals surface area contributed by atoms with E-state index in [9.17, 15) is 15.0 Å². The fraction of sp³-hybridized carbons (Fsp3) is 0.129. The summed E-state index contributed by atoms with van der Waals surface area (Å²) in [5.74, 6) is 0.711. The molecule has 9 nitrogen and oxygen atoms in total. The van der Waals surface area contributed by atoms with Crippen molar-refractivity contribution in [1.29, 1.82) is 0 Å². The van der Waals surface area contributed by atoms with Gasteiger partial charge in [0, 0.05) is 50.8 Å². The Morgan fingerprint density at radius 1 is 0.420 bits per heavy atom. The highest BCUT2D eigenvalue weighted by molar-refractivity contribution is 7.67. The monoisotopic (exact) mass is 1100 g/mol. The molecule has 4 heterocycles. The molecule has 4 aliphatic rings. The fourth-order valence-corrected chi connectivity index (χ4v) is 17.3. The van der Waals surface area contributed by atoms with Crippen molar-refractivity contribution in [2.24, 2.45) is 0 Å². The van der Waals surface area contributed by atoms with Crippen molar-refractivity contribution in [3.8, 4) is 79.0 Å². The summed E-state index contributed by atoms with van der Waals surface area (Å²) in [7, 11) is -7.60. The first-order valence-electron chi connectivity index (χ1n) is 27.2. The number of para-hydroxylation sites is 4. The van der Waals surface area contributed by atoms with Crippen LogP contribution >= 0.6 is 14.7 Å². The van der Waals surface area contributed by atoms with Gasteiger partial charge in [0.05, 0.1) is 28.9 Å². The van der Waals surface area contributed by atoms with Gasteiger partial charge >= 0.3 is 5.97 Å². The molecule has 0 radical (unpaired) electrons. The summed E-state index contributed by atoms with van der Waals surface area (Å²) in [6, 6.07) is 69.3. The molecule has 4 aliphatic heterocycles. The van der Waals surface area contributed by atoms with Gasteiger partial charge in [-0.05, 0) is 92.9 Å². The second-order valence-corrected chi connectivity index (χ2v) is 26.6. The van der Waals surface area contributed by atoms with Crippen LogP contribution in [0.25, 0.3) is 44.5 Å². The molecule has 4 unspecified atom stereocenters. The molecule has 10 aromatic carbocycles. The Labute approximate surface area is 470 Å². The molecule has 2 N–H and O–H groups in total. The first kappa shape index (κ1) is 50.4. The Balaban J connectivity index is 0.935. The number of aromatic hydroxyl groups is 2. The zero-order valence-electron chi connectivity index (χ0n) is 44.4. The lowest BCUT2D eigenvalue weighted by Gasteiger charge is -2.33. The van der Waals surface area contributed by atoms with E-state index in [4.69, 9.17) is 18.5 Å². The van der Waals surface area contributed by atoms with Crippen molar-refractivity contribution in [2.75, 3.05) is 0 Å². The van der Waals surface area contributed by atoms with Gasteiger partial charge in [0.2, 0.25) is 0 Å². The van der Waals surface area contributed by atoms with Crippen LogP contribution in [0.2, 0.25) is 0 Å². The van der Waals surface area contributed by atoms with Crippen LogP contribution in [0.1, 0.15) is 70.4 Å². The molecule has 10 aromatic rings. The molecule has 0 saturated carbocycles. The summed E-state index contributed by atoms with van der Waals surface area (Å²) >= 11 is 0. The van der Waals surface area contributed by atoms with E-state index >= 15 is 9.13 Å². The van der Waals surface area contributed by atoms with Crippen molar-refractivity contribution in [1.82, 2.24) is 0 Å². The van der Waals surface area contributed by atoms with Crippen LogP contribution in [0.5, 0.6) is 34.5 Å². The predicted octanol–water partition coefficient (Wildman–Crippen LogP) is 16.0. The van der Waals surface area contributed by atoms with Crippen LogP contribution in [-0.4, -0.2) is 16.2 Å². The van der Waals surface area contributed by atoms with Crippen molar-refractivity contribution in [2.45, 2.75) is 56.4 Å². The Morgan fingerprint density at radius 2 is 0.790 bits per heavy atom. The maximum atomic E-state index is 15.8. The second-order valence-electron chi connectivity index (χ2n) is 21.9. The van der Waals surface area contributed by atoms with Gasteiger partial charge in [-0.1, -0.05) is 196 Å². The van der Waals surface area contributed by atoms with Gasteiger partial charge in [-0.3, -0.25) is 13.9 Å². The van der Waals surface area contributed by atoms with Gasteiger partial charge in [-0.25, -0.2) is 0 Å². The molecule has 0 aromatic heterocycles. The van der Waals surface area contributed by atoms with Crippen LogP contribution in [0.3, 0.4) is 0 Å². The molecule has 4 atom stereocenters. The van der Waals surface area contributed by atoms with E-state index in [0.717, 1.165) is 72.5 Å². The lowest BCUT2D eigenvalue weighted by molar-refractivity contribution is -0.135. The number of benzene rings is 10. The topological polar surface area (TPSA) is 129 Å². The number of ether oxygens (including phenoxy) is 2. The predicted molar refractivity (Wildman–Crippen MR) is 318 cm³/mol. The SMILES string of the molecule is CC(C)(c1cc(CC2Oc3ccccc3-c3ccccc32)c(O)c(CP2(=O)Oc3ccccc3-c3ccccc32)c1)c1cc(CC2C(=O)Oc3ccccc3-c3ccccc32)c(O)c(CP2(=O)Oc3ccccc3-c3ccccc32)c1. The highest BCUT2D eigenvalue weighted by Crippen LogP contribution is 2.60. The number of esters is 1. The summed E-state index contributed by atoms with van der Waals surface area (Å²) in [6.07, 6.45) is -0.539. The fourth-order valence-electron chi connectivity index (χ4n) is 12.5. The van der Waals surface area contributed by atoms with Gasteiger partial charge in [-0.15, -0.1) is 0 Å². The average Bonchev–Trinajstić information content (AvgIpc) is 3.81. The minimum absolute atomic E-state index is 0.0187. The first-order valence-corrected chi connectivity index (χ1v) is 30.9. The minimum Gasteiger partial charge on any atom is -0.507 e. The standard InChI is InChI=1S/C70H54O9P2/c1-70(2,48-36-44(40-64-54-24-6-5-21-51(54)53-23-7-13-29-60(53)76-64)68(72)46(38-48)42-81(75)66-34-18-12-28-58(66)56-26-10-16-32-63(56)79-81)47-35-43(39-59-50-20-4-3-19-49(50)52-22-8-14-30-61(52)77-69(59)73)67(71)45(37-47)41-80(74)65-33-17-11-27-57(65)55-25-9-15-31-62(55)78-80/h3-38,59,64,71-72H,39-42H2,1-2H3. The van der Waals surface area contributed by atoms with Crippen molar-refractivity contribution < 1.29 is 42.7 Å². The summed E-state index contributed by atoms with van der Waals surface area (Å²) in [5.41, 5.74) is 10.9. The number of hydrogen-bond acceptors (Lipinski definition) is 9. The maximum Gasteiger partial charge on any atom is 0.319 e. The van der Waals surface area contributed by atoms with E-state index in [-0.39, 0.29) is 36.7 Å². The third-order valence-electron chi connectivity index (χ3n) is 16.7. The van der Waals surface area contributed by atoms with Crippen LogP contribution in [-0.2, 0) is 44.5 Å². The van der Waals surface area contributed by atoms with Gasteiger partial charge in [0.15, 0.2) is 0 Å². The number of phenols is 2. The molecule has 14 rings (SSSR count). The quantitative estimate of drug-likeness (QED) is 0.0781. The smallest absolute Gasteiger partial charge is 0.319 e. The molecule has 81 heavy (non-hydrogen) atoms. The molecule has 0 bridgehead atoms. The van der Waals surface area contributed by atoms with Crippen LogP contribution in [0.15, 0.2) is 218 Å². The van der Waals surface area contributed by atoms with E-state index in [2.05, 4.69) is 26.0 Å². The number of rotatable bonds is 10. The van der Waals surface area contributed by atoms with E-state index in [1.54, 1.807) is 6.07 Å². The summed E-state index contributed by atoms with van der Waals surface area (Å²) in [5, 5.41) is 26.8. The number of fused-ring (bicyclic) bond motifs is 12. The third kappa shape index (κ3) is 8.57. The van der Waals surface area contributed by atoms with Crippen molar-refractivity contribution in [3.05, 3.63) is 263 Å². The molecule has 11 heteroatoms. The highest BCUT2D eigenvalue weighted by atomic mass is 31.2. The van der Waals surface area contributed by atoms with Gasteiger partial charge in [0.25, 0.3) is 14.7 Å². The Bertz CT molecular complexity index is 4330. The first-order chi connectivity index (χ1) is 39.3. The lowest BCUT2D eigenvalue weighted by atomic mass is 9.75. The number of phenolic OH excluding ortho intramolecular Hbond substituents is 2. The summed E-state index contributed by atoms with van der Waals surface area (Å²) in [6.45, 7) is 4.13.